The van der Waals surface area contributed by atoms with Crippen LogP contribution < -0.4 is 10.6 Å². The third-order valence-corrected chi connectivity index (χ3v) is 4.07. The molecule has 0 saturated heterocycles. The summed E-state index contributed by atoms with van der Waals surface area (Å²) in [5, 5.41) is 4.85. The second-order valence-electron chi connectivity index (χ2n) is 5.76. The average Bonchev–Trinajstić information content (AvgIpc) is 3.33. The monoisotopic (exact) mass is 378 g/mol. The highest BCUT2D eigenvalue weighted by molar-refractivity contribution is 6.30. The van der Waals surface area contributed by atoms with Crippen molar-refractivity contribution in [3.05, 3.63) is 28.8 Å². The molecule has 25 heavy (non-hydrogen) atoms. The van der Waals surface area contributed by atoms with Crippen molar-refractivity contribution < 1.29 is 27.5 Å². The number of halogens is 4. The summed E-state index contributed by atoms with van der Waals surface area (Å²) in [6, 6.07) is 3.12. The number of hydrogen-bond acceptors (Lipinski definition) is 3. The Morgan fingerprint density at radius 1 is 1.28 bits per heavy atom. The molecule has 2 unspecified atom stereocenters. The summed E-state index contributed by atoms with van der Waals surface area (Å²) in [7, 11) is 1.55. The zero-order chi connectivity index (χ0) is 18.6. The van der Waals surface area contributed by atoms with E-state index in [1.165, 1.54) is 6.07 Å². The van der Waals surface area contributed by atoms with E-state index in [0.29, 0.717) is 26.0 Å². The van der Waals surface area contributed by atoms with Gasteiger partial charge in [-0.25, -0.2) is 0 Å². The first-order chi connectivity index (χ1) is 11.7. The third-order valence-electron chi connectivity index (χ3n) is 3.83. The summed E-state index contributed by atoms with van der Waals surface area (Å²) >= 11 is 5.60. The number of methoxy groups -OCH3 is 1. The van der Waals surface area contributed by atoms with E-state index in [1.807, 2.05) is 0 Å². The predicted octanol–water partition coefficient (Wildman–Crippen LogP) is 3.09. The van der Waals surface area contributed by atoms with Gasteiger partial charge in [0, 0.05) is 25.3 Å². The molecule has 0 aromatic heterocycles. The van der Waals surface area contributed by atoms with Gasteiger partial charge >= 0.3 is 6.18 Å². The molecule has 1 aliphatic carbocycles. The summed E-state index contributed by atoms with van der Waals surface area (Å²) in [5.74, 6) is -2.02. The fourth-order valence-corrected chi connectivity index (χ4v) is 2.59. The SMILES string of the molecule is COCCCNC(=O)C1CC1C(=O)Nc1ccc(Cl)cc1C(F)(F)F. The van der Waals surface area contributed by atoms with E-state index >= 15 is 0 Å². The quantitative estimate of drug-likeness (QED) is 0.716. The second kappa shape index (κ2) is 8.05. The normalized spacial score (nSPS) is 19.4. The molecule has 0 heterocycles. The number of nitrogens with one attached hydrogen (secondary N) is 2. The smallest absolute Gasteiger partial charge is 0.385 e. The van der Waals surface area contributed by atoms with E-state index in [4.69, 9.17) is 16.3 Å². The predicted molar refractivity (Wildman–Crippen MR) is 86.2 cm³/mol. The molecule has 2 atom stereocenters. The molecule has 5 nitrogen and oxygen atoms in total. The van der Waals surface area contributed by atoms with Crippen molar-refractivity contribution in [1.82, 2.24) is 5.32 Å². The Balaban J connectivity index is 1.93. The Morgan fingerprint density at radius 3 is 2.60 bits per heavy atom. The van der Waals surface area contributed by atoms with Gasteiger partial charge in [-0.2, -0.15) is 13.2 Å². The first-order valence-corrected chi connectivity index (χ1v) is 8.06. The Hall–Kier alpha value is -1.80. The molecule has 138 valence electrons. The van der Waals surface area contributed by atoms with Crippen LogP contribution in [0.1, 0.15) is 18.4 Å². The molecule has 2 N–H and O–H groups in total. The van der Waals surface area contributed by atoms with E-state index in [2.05, 4.69) is 10.6 Å². The van der Waals surface area contributed by atoms with Crippen molar-refractivity contribution in [2.24, 2.45) is 11.8 Å². The van der Waals surface area contributed by atoms with Crippen LogP contribution in [0.25, 0.3) is 0 Å². The van der Waals surface area contributed by atoms with Gasteiger partial charge in [0.15, 0.2) is 0 Å². The fourth-order valence-electron chi connectivity index (χ4n) is 2.42. The standard InChI is InChI=1S/C16H18ClF3N2O3/c1-25-6-2-5-21-14(23)10-8-11(10)15(24)22-13-4-3-9(17)7-12(13)16(18,19)20/h3-4,7,10-11H,2,5-6,8H2,1H3,(H,21,23)(H,22,24). The number of ether oxygens (including phenoxy) is 1. The van der Waals surface area contributed by atoms with Gasteiger partial charge in [0.1, 0.15) is 0 Å². The van der Waals surface area contributed by atoms with Crippen LogP contribution in [0.15, 0.2) is 18.2 Å². The van der Waals surface area contributed by atoms with Gasteiger partial charge in [0.05, 0.1) is 23.1 Å². The van der Waals surface area contributed by atoms with Gasteiger partial charge in [0.2, 0.25) is 11.8 Å². The maximum atomic E-state index is 13.0. The van der Waals surface area contributed by atoms with Crippen LogP contribution in [-0.2, 0) is 20.5 Å². The first-order valence-electron chi connectivity index (χ1n) is 7.68. The minimum absolute atomic E-state index is 0.0786. The Bertz CT molecular complexity index is 652. The lowest BCUT2D eigenvalue weighted by Gasteiger charge is -2.14. The summed E-state index contributed by atoms with van der Waals surface area (Å²) in [6.07, 6.45) is -3.68. The van der Waals surface area contributed by atoms with Gasteiger partial charge in [-0.1, -0.05) is 11.6 Å². The zero-order valence-electron chi connectivity index (χ0n) is 13.5. The summed E-state index contributed by atoms with van der Waals surface area (Å²) in [4.78, 5) is 24.0. The van der Waals surface area contributed by atoms with E-state index in [9.17, 15) is 22.8 Å². The first kappa shape index (κ1) is 19.5. The zero-order valence-corrected chi connectivity index (χ0v) is 14.2. The summed E-state index contributed by atoms with van der Waals surface area (Å²) in [5.41, 5.74) is -1.39. The maximum Gasteiger partial charge on any atom is 0.418 e. The minimum atomic E-state index is -4.64. The topological polar surface area (TPSA) is 67.4 Å². The lowest BCUT2D eigenvalue weighted by Crippen LogP contribution is -2.29. The van der Waals surface area contributed by atoms with Gasteiger partial charge in [-0.05, 0) is 31.0 Å². The lowest BCUT2D eigenvalue weighted by molar-refractivity contribution is -0.137. The number of carbonyl (C=O) groups excluding carboxylic acids is 2. The van der Waals surface area contributed by atoms with Gasteiger partial charge in [0.25, 0.3) is 0 Å². The molecule has 0 bridgehead atoms. The number of amides is 2. The summed E-state index contributed by atoms with van der Waals surface area (Å²) < 4.78 is 43.9. The van der Waals surface area contributed by atoms with Crippen LogP contribution in [-0.4, -0.2) is 32.1 Å². The molecule has 1 aromatic carbocycles. The van der Waals surface area contributed by atoms with Crippen molar-refractivity contribution >= 4 is 29.1 Å². The number of anilines is 1. The van der Waals surface area contributed by atoms with Crippen LogP contribution in [0.4, 0.5) is 18.9 Å². The Kier molecular flexibility index (Phi) is 6.29. The third kappa shape index (κ3) is 5.34. The fraction of sp³-hybridized carbons (Fsp3) is 0.500. The number of rotatable bonds is 7. The van der Waals surface area contributed by atoms with E-state index < -0.39 is 29.5 Å². The molecular formula is C16H18ClF3N2O3. The molecule has 1 fully saturated rings. The highest BCUT2D eigenvalue weighted by Crippen LogP contribution is 2.41. The number of hydrogen-bond donors (Lipinski definition) is 2. The molecule has 0 spiro atoms. The van der Waals surface area contributed by atoms with Gasteiger partial charge in [-0.15, -0.1) is 0 Å². The average molecular weight is 379 g/mol. The molecule has 0 aliphatic heterocycles. The van der Waals surface area contributed by atoms with Gasteiger partial charge < -0.3 is 15.4 Å². The van der Waals surface area contributed by atoms with Crippen molar-refractivity contribution in [3.8, 4) is 0 Å². The van der Waals surface area contributed by atoms with Crippen LogP contribution >= 0.6 is 11.6 Å². The van der Waals surface area contributed by atoms with Crippen LogP contribution in [0, 0.1) is 11.8 Å². The molecule has 0 radical (unpaired) electrons. The minimum Gasteiger partial charge on any atom is -0.385 e. The van der Waals surface area contributed by atoms with Crippen molar-refractivity contribution in [2.75, 3.05) is 25.6 Å². The maximum absolute atomic E-state index is 13.0. The molecule has 9 heteroatoms. The lowest BCUT2D eigenvalue weighted by atomic mass is 10.1. The van der Waals surface area contributed by atoms with Crippen molar-refractivity contribution in [2.45, 2.75) is 19.0 Å². The summed E-state index contributed by atoms with van der Waals surface area (Å²) in [6.45, 7) is 0.929. The Morgan fingerprint density at radius 2 is 1.96 bits per heavy atom. The van der Waals surface area contributed by atoms with E-state index in [0.717, 1.165) is 12.1 Å². The van der Waals surface area contributed by atoms with Crippen molar-refractivity contribution in [3.63, 3.8) is 0 Å². The molecule has 2 rings (SSSR count). The van der Waals surface area contributed by atoms with Crippen LogP contribution in [0.2, 0.25) is 5.02 Å². The van der Waals surface area contributed by atoms with Crippen LogP contribution in [0.5, 0.6) is 0 Å². The molecule has 1 saturated carbocycles. The number of alkyl halides is 3. The second-order valence-corrected chi connectivity index (χ2v) is 6.20. The highest BCUT2D eigenvalue weighted by atomic mass is 35.5. The van der Waals surface area contributed by atoms with Gasteiger partial charge in [-0.3, -0.25) is 9.59 Å². The number of benzene rings is 1. The Labute approximate surface area is 147 Å². The van der Waals surface area contributed by atoms with E-state index in [-0.39, 0.29) is 16.6 Å². The highest BCUT2D eigenvalue weighted by Gasteiger charge is 2.48. The van der Waals surface area contributed by atoms with Crippen LogP contribution in [0.3, 0.4) is 0 Å². The molecule has 2 amide bonds. The van der Waals surface area contributed by atoms with Crippen molar-refractivity contribution in [1.29, 1.82) is 0 Å². The molecule has 1 aliphatic rings. The number of carbonyl (C=O) groups is 2. The van der Waals surface area contributed by atoms with E-state index in [1.54, 1.807) is 7.11 Å². The molecule has 1 aromatic rings. The largest absolute Gasteiger partial charge is 0.418 e. The molecular weight excluding hydrogens is 361 g/mol.